The molecule has 0 fully saturated rings. The zero-order valence-electron chi connectivity index (χ0n) is 7.33. The first-order chi connectivity index (χ1) is 4.06. The highest BCUT2D eigenvalue weighted by molar-refractivity contribution is 6.14. The van der Waals surface area contributed by atoms with E-state index in [1.807, 2.05) is 0 Å². The summed E-state index contributed by atoms with van der Waals surface area (Å²) in [5.74, 6) is 0. The van der Waals surface area contributed by atoms with E-state index in [4.69, 9.17) is 0 Å². The van der Waals surface area contributed by atoms with Gasteiger partial charge in [0, 0.05) is 10.2 Å². The molecule has 0 saturated carbocycles. The summed E-state index contributed by atoms with van der Waals surface area (Å²) in [6, 6.07) is 0. The number of hydrogen-bond donors (Lipinski definition) is 0. The predicted molar refractivity (Wildman–Crippen MR) is 48.1 cm³/mol. The monoisotopic (exact) mass is 144 g/mol. The molecule has 0 bridgehead atoms. The molecule has 0 unspecified atom stereocenters. The van der Waals surface area contributed by atoms with E-state index >= 15 is 0 Å². The maximum Gasteiger partial charge on any atom is 0.00994 e. The molecule has 0 atom stereocenters. The predicted octanol–water partition coefficient (Wildman–Crippen LogP) is 2.13. The van der Waals surface area contributed by atoms with Crippen LogP contribution in [0.5, 0.6) is 0 Å². The minimum absolute atomic E-state index is 0.690. The molecule has 0 rings (SSSR count). The summed E-state index contributed by atoms with van der Waals surface area (Å²) >= 11 is 0. The van der Waals surface area contributed by atoms with E-state index in [9.17, 15) is 0 Å². The average Bonchev–Trinajstić information content (AvgIpc) is 1.63. The van der Waals surface area contributed by atoms with Gasteiger partial charge in [-0.05, 0) is 5.04 Å². The van der Waals surface area contributed by atoms with Crippen LogP contribution in [-0.4, -0.2) is 10.2 Å². The Bertz CT molecular complexity index is 61.5. The fourth-order valence-corrected chi connectivity index (χ4v) is 1.26. The van der Waals surface area contributed by atoms with Gasteiger partial charge in [-0.2, -0.15) is 0 Å². The van der Waals surface area contributed by atoms with Gasteiger partial charge in [0.2, 0.25) is 0 Å². The molecule has 9 heavy (non-hydrogen) atoms. The van der Waals surface area contributed by atoms with Gasteiger partial charge < -0.3 is 0 Å². The first kappa shape index (κ1) is 9.22. The Morgan fingerprint density at radius 2 is 1.78 bits per heavy atom. The van der Waals surface area contributed by atoms with Gasteiger partial charge in [-0.1, -0.05) is 46.5 Å². The summed E-state index contributed by atoms with van der Waals surface area (Å²) < 4.78 is 0. The van der Waals surface area contributed by atoms with Gasteiger partial charge in [0.05, 0.1) is 0 Å². The molecule has 0 saturated heterocycles. The Morgan fingerprint density at radius 1 is 1.22 bits per heavy atom. The largest absolute Gasteiger partial charge is 0.0654 e. The summed E-state index contributed by atoms with van der Waals surface area (Å²) in [4.78, 5) is 0. The van der Waals surface area contributed by atoms with Gasteiger partial charge in [-0.3, -0.25) is 0 Å². The van der Waals surface area contributed by atoms with Gasteiger partial charge in [0.15, 0.2) is 0 Å². The standard InChI is InChI=1S/C8H20Si/c1-4-5-6-7-8(2,3)9/h4-7H2,1-3,9H3. The van der Waals surface area contributed by atoms with Crippen LogP contribution in [0.2, 0.25) is 5.04 Å². The summed E-state index contributed by atoms with van der Waals surface area (Å²) in [6.45, 7) is 7.00. The molecule has 0 aliphatic rings. The lowest BCUT2D eigenvalue weighted by Gasteiger charge is -2.16. The summed E-state index contributed by atoms with van der Waals surface area (Å²) in [6.07, 6.45) is 5.66. The zero-order chi connectivity index (χ0) is 7.33. The second-order valence-electron chi connectivity index (χ2n) is 4.02. The molecule has 56 valence electrons. The number of rotatable bonds is 4. The van der Waals surface area contributed by atoms with Crippen molar-refractivity contribution in [2.24, 2.45) is 0 Å². The first-order valence-electron chi connectivity index (χ1n) is 4.06. The second-order valence-corrected chi connectivity index (χ2v) is 6.72. The molecule has 0 aromatic heterocycles. The molecular weight excluding hydrogens is 124 g/mol. The lowest BCUT2D eigenvalue weighted by molar-refractivity contribution is 0.554. The highest BCUT2D eigenvalue weighted by atomic mass is 28.1. The van der Waals surface area contributed by atoms with Crippen molar-refractivity contribution in [1.29, 1.82) is 0 Å². The summed E-state index contributed by atoms with van der Waals surface area (Å²) in [7, 11) is 1.34. The van der Waals surface area contributed by atoms with Crippen LogP contribution in [0.4, 0.5) is 0 Å². The van der Waals surface area contributed by atoms with Crippen LogP contribution >= 0.6 is 0 Å². The average molecular weight is 144 g/mol. The van der Waals surface area contributed by atoms with Crippen molar-refractivity contribution in [3.05, 3.63) is 0 Å². The van der Waals surface area contributed by atoms with E-state index in [2.05, 4.69) is 20.8 Å². The Kier molecular flexibility index (Phi) is 4.20. The molecule has 0 spiro atoms. The van der Waals surface area contributed by atoms with Gasteiger partial charge in [-0.15, -0.1) is 0 Å². The van der Waals surface area contributed by atoms with E-state index in [-0.39, 0.29) is 0 Å². The van der Waals surface area contributed by atoms with Crippen LogP contribution in [0, 0.1) is 0 Å². The smallest absolute Gasteiger partial charge is 0.00994 e. The highest BCUT2D eigenvalue weighted by Crippen LogP contribution is 2.26. The van der Waals surface area contributed by atoms with Gasteiger partial charge >= 0.3 is 0 Å². The molecular formula is C8H20Si. The fourth-order valence-electron chi connectivity index (χ4n) is 0.905. The SMILES string of the molecule is CCCCCC(C)(C)[SiH3]. The lowest BCUT2D eigenvalue weighted by atomic mass is 10.0. The fraction of sp³-hybridized carbons (Fsp3) is 1.00. The molecule has 0 heterocycles. The highest BCUT2D eigenvalue weighted by Gasteiger charge is 2.07. The van der Waals surface area contributed by atoms with Crippen molar-refractivity contribution >= 4 is 10.2 Å². The molecule has 0 aromatic carbocycles. The number of unbranched alkanes of at least 4 members (excludes halogenated alkanes) is 2. The molecule has 0 nitrogen and oxygen atoms in total. The summed E-state index contributed by atoms with van der Waals surface area (Å²) in [5.41, 5.74) is 0. The summed E-state index contributed by atoms with van der Waals surface area (Å²) in [5, 5.41) is 0.690. The van der Waals surface area contributed by atoms with Crippen molar-refractivity contribution < 1.29 is 0 Å². The molecule has 0 N–H and O–H groups in total. The molecule has 0 amide bonds. The van der Waals surface area contributed by atoms with Crippen LogP contribution in [0.3, 0.4) is 0 Å². The third kappa shape index (κ3) is 8.22. The van der Waals surface area contributed by atoms with Crippen LogP contribution in [-0.2, 0) is 0 Å². The number of hydrogen-bond acceptors (Lipinski definition) is 0. The normalized spacial score (nSPS) is 12.3. The van der Waals surface area contributed by atoms with Crippen molar-refractivity contribution in [3.63, 3.8) is 0 Å². The lowest BCUT2D eigenvalue weighted by Crippen LogP contribution is -2.00. The van der Waals surface area contributed by atoms with Crippen LogP contribution in [0.1, 0.15) is 46.5 Å². The minimum Gasteiger partial charge on any atom is -0.0654 e. The van der Waals surface area contributed by atoms with Crippen molar-refractivity contribution in [3.8, 4) is 0 Å². The first-order valence-corrected chi connectivity index (χ1v) is 5.06. The van der Waals surface area contributed by atoms with Crippen LogP contribution in [0.15, 0.2) is 0 Å². The van der Waals surface area contributed by atoms with E-state index in [1.54, 1.807) is 0 Å². The molecule has 0 aliphatic heterocycles. The minimum atomic E-state index is 0.690. The zero-order valence-corrected chi connectivity index (χ0v) is 9.33. The second kappa shape index (κ2) is 4.10. The van der Waals surface area contributed by atoms with Crippen molar-refractivity contribution in [2.45, 2.75) is 51.5 Å². The third-order valence-corrected chi connectivity index (χ3v) is 2.03. The van der Waals surface area contributed by atoms with E-state index in [0.717, 1.165) is 0 Å². The third-order valence-electron chi connectivity index (χ3n) is 1.53. The topological polar surface area (TPSA) is 0 Å². The quantitative estimate of drug-likeness (QED) is 0.419. The van der Waals surface area contributed by atoms with E-state index < -0.39 is 0 Å². The van der Waals surface area contributed by atoms with E-state index in [1.165, 1.54) is 35.9 Å². The Hall–Kier alpha value is 0.217. The maximum absolute atomic E-state index is 2.37. The Labute approximate surface area is 62.5 Å². The van der Waals surface area contributed by atoms with Gasteiger partial charge in [0.25, 0.3) is 0 Å². The van der Waals surface area contributed by atoms with Gasteiger partial charge in [-0.25, -0.2) is 0 Å². The van der Waals surface area contributed by atoms with Crippen molar-refractivity contribution in [2.75, 3.05) is 0 Å². The molecule has 1 heteroatoms. The van der Waals surface area contributed by atoms with Crippen molar-refractivity contribution in [1.82, 2.24) is 0 Å². The molecule has 0 aliphatic carbocycles. The molecule has 0 aromatic rings. The molecule has 0 radical (unpaired) electrons. The van der Waals surface area contributed by atoms with E-state index in [0.29, 0.717) is 5.04 Å². The maximum atomic E-state index is 2.37. The Morgan fingerprint density at radius 3 is 2.11 bits per heavy atom. The van der Waals surface area contributed by atoms with Crippen LogP contribution < -0.4 is 0 Å². The van der Waals surface area contributed by atoms with Gasteiger partial charge in [0.1, 0.15) is 0 Å². The van der Waals surface area contributed by atoms with Crippen LogP contribution in [0.25, 0.3) is 0 Å². The Balaban J connectivity index is 3.07.